The Morgan fingerprint density at radius 1 is 1.11 bits per heavy atom. The fourth-order valence-electron chi connectivity index (χ4n) is 2.59. The maximum absolute atomic E-state index is 13.6. The molecule has 98 valence electrons. The van der Waals surface area contributed by atoms with Crippen molar-refractivity contribution in [2.24, 2.45) is 5.73 Å². The third-order valence-corrected chi connectivity index (χ3v) is 3.70. The van der Waals surface area contributed by atoms with Crippen LogP contribution in [0.25, 0.3) is 0 Å². The van der Waals surface area contributed by atoms with Crippen molar-refractivity contribution < 1.29 is 4.39 Å². The van der Waals surface area contributed by atoms with E-state index in [4.69, 9.17) is 5.73 Å². The summed E-state index contributed by atoms with van der Waals surface area (Å²) < 4.78 is 13.6. The lowest BCUT2D eigenvalue weighted by molar-refractivity contribution is 0.576. The molecule has 0 spiro atoms. The SMILES string of the molecule is NC(Cc1ccccc1F)/C1=C/CCCCCC1. The van der Waals surface area contributed by atoms with E-state index in [-0.39, 0.29) is 11.9 Å². The summed E-state index contributed by atoms with van der Waals surface area (Å²) in [6.07, 6.45) is 10.2. The van der Waals surface area contributed by atoms with E-state index < -0.39 is 0 Å². The number of rotatable bonds is 3. The third kappa shape index (κ3) is 3.67. The normalized spacial score (nSPS) is 21.6. The maximum atomic E-state index is 13.6. The molecular weight excluding hydrogens is 225 g/mol. The molecule has 2 rings (SSSR count). The predicted molar refractivity (Wildman–Crippen MR) is 73.9 cm³/mol. The zero-order chi connectivity index (χ0) is 12.8. The summed E-state index contributed by atoms with van der Waals surface area (Å²) in [5.74, 6) is -0.139. The van der Waals surface area contributed by atoms with Gasteiger partial charge in [-0.15, -0.1) is 0 Å². The summed E-state index contributed by atoms with van der Waals surface area (Å²) in [5, 5.41) is 0. The fraction of sp³-hybridized carbons (Fsp3) is 0.500. The highest BCUT2D eigenvalue weighted by Crippen LogP contribution is 2.21. The molecule has 0 saturated carbocycles. The zero-order valence-corrected chi connectivity index (χ0v) is 10.9. The monoisotopic (exact) mass is 247 g/mol. The fourth-order valence-corrected chi connectivity index (χ4v) is 2.59. The van der Waals surface area contributed by atoms with E-state index in [1.807, 2.05) is 12.1 Å². The van der Waals surface area contributed by atoms with Gasteiger partial charge in [0.2, 0.25) is 0 Å². The molecule has 1 atom stereocenters. The summed E-state index contributed by atoms with van der Waals surface area (Å²) in [7, 11) is 0. The molecule has 18 heavy (non-hydrogen) atoms. The number of halogens is 1. The van der Waals surface area contributed by atoms with E-state index in [1.165, 1.54) is 37.3 Å². The molecule has 1 aliphatic rings. The average molecular weight is 247 g/mol. The van der Waals surface area contributed by atoms with Gasteiger partial charge in [-0.05, 0) is 43.7 Å². The minimum absolute atomic E-state index is 0.0278. The highest BCUT2D eigenvalue weighted by molar-refractivity contribution is 5.22. The lowest BCUT2D eigenvalue weighted by Gasteiger charge is -2.18. The van der Waals surface area contributed by atoms with Crippen molar-refractivity contribution in [3.63, 3.8) is 0 Å². The summed E-state index contributed by atoms with van der Waals surface area (Å²) in [4.78, 5) is 0. The first-order chi connectivity index (χ1) is 8.77. The van der Waals surface area contributed by atoms with Crippen molar-refractivity contribution in [2.45, 2.75) is 51.0 Å². The Kier molecular flexibility index (Phi) is 4.94. The van der Waals surface area contributed by atoms with Crippen LogP contribution in [0.3, 0.4) is 0 Å². The molecule has 1 aromatic rings. The van der Waals surface area contributed by atoms with E-state index >= 15 is 0 Å². The topological polar surface area (TPSA) is 26.0 Å². The number of hydrogen-bond acceptors (Lipinski definition) is 1. The van der Waals surface area contributed by atoms with E-state index in [9.17, 15) is 4.39 Å². The van der Waals surface area contributed by atoms with Crippen LogP contribution in [0.1, 0.15) is 44.1 Å². The molecule has 1 aliphatic carbocycles. The molecule has 0 heterocycles. The van der Waals surface area contributed by atoms with Crippen molar-refractivity contribution in [2.75, 3.05) is 0 Å². The Hall–Kier alpha value is -1.15. The average Bonchev–Trinajstić information content (AvgIpc) is 2.31. The Labute approximate surface area is 109 Å². The van der Waals surface area contributed by atoms with Crippen molar-refractivity contribution in [1.82, 2.24) is 0 Å². The molecule has 1 aromatic carbocycles. The van der Waals surface area contributed by atoms with Gasteiger partial charge >= 0.3 is 0 Å². The second-order valence-electron chi connectivity index (χ2n) is 5.13. The Morgan fingerprint density at radius 2 is 1.89 bits per heavy atom. The molecule has 2 heteroatoms. The van der Waals surface area contributed by atoms with Crippen LogP contribution >= 0.6 is 0 Å². The van der Waals surface area contributed by atoms with Gasteiger partial charge < -0.3 is 5.73 Å². The van der Waals surface area contributed by atoms with Gasteiger partial charge in [-0.3, -0.25) is 0 Å². The molecule has 0 radical (unpaired) electrons. The number of allylic oxidation sites excluding steroid dienone is 1. The van der Waals surface area contributed by atoms with Crippen LogP contribution in [0.15, 0.2) is 35.9 Å². The first-order valence-corrected chi connectivity index (χ1v) is 6.95. The summed E-state index contributed by atoms with van der Waals surface area (Å²) in [6, 6.07) is 6.91. The van der Waals surface area contributed by atoms with Crippen molar-refractivity contribution in [3.8, 4) is 0 Å². The number of hydrogen-bond donors (Lipinski definition) is 1. The van der Waals surface area contributed by atoms with Gasteiger partial charge in [0.05, 0.1) is 0 Å². The highest BCUT2D eigenvalue weighted by Gasteiger charge is 2.13. The molecule has 0 aliphatic heterocycles. The van der Waals surface area contributed by atoms with Gasteiger partial charge in [0.25, 0.3) is 0 Å². The zero-order valence-electron chi connectivity index (χ0n) is 10.9. The second-order valence-corrected chi connectivity index (χ2v) is 5.13. The van der Waals surface area contributed by atoms with Crippen LogP contribution in [-0.4, -0.2) is 6.04 Å². The first-order valence-electron chi connectivity index (χ1n) is 6.95. The molecule has 2 N–H and O–H groups in total. The van der Waals surface area contributed by atoms with Crippen LogP contribution in [0.5, 0.6) is 0 Å². The third-order valence-electron chi connectivity index (χ3n) is 3.70. The standard InChI is InChI=1S/C16H22FN/c17-15-11-7-6-10-14(15)12-16(18)13-8-4-2-1-3-5-9-13/h6-8,10-11,16H,1-5,9,12,18H2/b13-8+. The van der Waals surface area contributed by atoms with Crippen molar-refractivity contribution >= 4 is 0 Å². The van der Waals surface area contributed by atoms with Crippen LogP contribution in [0.2, 0.25) is 0 Å². The van der Waals surface area contributed by atoms with Crippen LogP contribution < -0.4 is 5.73 Å². The van der Waals surface area contributed by atoms with Gasteiger partial charge in [-0.2, -0.15) is 0 Å². The Morgan fingerprint density at radius 3 is 2.72 bits per heavy atom. The minimum Gasteiger partial charge on any atom is -0.324 e. The Balaban J connectivity index is 2.02. The molecule has 1 unspecified atom stereocenters. The molecule has 0 amide bonds. The minimum atomic E-state index is -0.139. The van der Waals surface area contributed by atoms with E-state index in [2.05, 4.69) is 6.08 Å². The first kappa shape index (κ1) is 13.3. The number of nitrogens with two attached hydrogens (primary N) is 1. The highest BCUT2D eigenvalue weighted by atomic mass is 19.1. The summed E-state index contributed by atoms with van der Waals surface area (Å²) in [6.45, 7) is 0. The molecule has 0 saturated heterocycles. The molecule has 0 fully saturated rings. The summed E-state index contributed by atoms with van der Waals surface area (Å²) in [5.41, 5.74) is 8.28. The molecule has 1 nitrogen and oxygen atoms in total. The summed E-state index contributed by atoms with van der Waals surface area (Å²) >= 11 is 0. The molecule has 0 aromatic heterocycles. The molecular formula is C16H22FN. The van der Waals surface area contributed by atoms with Crippen molar-refractivity contribution in [1.29, 1.82) is 0 Å². The van der Waals surface area contributed by atoms with Crippen LogP contribution in [0, 0.1) is 5.82 Å². The maximum Gasteiger partial charge on any atom is 0.126 e. The van der Waals surface area contributed by atoms with Crippen LogP contribution in [0.4, 0.5) is 4.39 Å². The van der Waals surface area contributed by atoms with Gasteiger partial charge in [-0.25, -0.2) is 4.39 Å². The quantitative estimate of drug-likeness (QED) is 0.803. The largest absolute Gasteiger partial charge is 0.324 e. The van der Waals surface area contributed by atoms with E-state index in [0.717, 1.165) is 18.4 Å². The van der Waals surface area contributed by atoms with Gasteiger partial charge in [0, 0.05) is 6.04 Å². The number of benzene rings is 1. The van der Waals surface area contributed by atoms with Gasteiger partial charge in [0.1, 0.15) is 5.82 Å². The lowest BCUT2D eigenvalue weighted by atomic mass is 9.92. The van der Waals surface area contributed by atoms with E-state index in [0.29, 0.717) is 6.42 Å². The van der Waals surface area contributed by atoms with Gasteiger partial charge in [-0.1, -0.05) is 42.7 Å². The smallest absolute Gasteiger partial charge is 0.126 e. The predicted octanol–water partition coefficient (Wildman–Crippen LogP) is 3.98. The van der Waals surface area contributed by atoms with Crippen molar-refractivity contribution in [3.05, 3.63) is 47.3 Å². The Bertz CT molecular complexity index is 411. The molecule has 0 bridgehead atoms. The second kappa shape index (κ2) is 6.69. The van der Waals surface area contributed by atoms with Gasteiger partial charge in [0.15, 0.2) is 0 Å². The van der Waals surface area contributed by atoms with Crippen LogP contribution in [-0.2, 0) is 6.42 Å². The van der Waals surface area contributed by atoms with E-state index in [1.54, 1.807) is 6.07 Å². The lowest BCUT2D eigenvalue weighted by Crippen LogP contribution is -2.26.